The van der Waals surface area contributed by atoms with Crippen molar-refractivity contribution in [2.24, 2.45) is 5.92 Å². The van der Waals surface area contributed by atoms with Crippen LogP contribution in [0.15, 0.2) is 54.6 Å². The van der Waals surface area contributed by atoms with Gasteiger partial charge >= 0.3 is 5.97 Å². The Bertz CT molecular complexity index is 1490. The Morgan fingerprint density at radius 2 is 1.82 bits per heavy atom. The maximum absolute atomic E-state index is 14.3. The number of halogens is 2. The summed E-state index contributed by atoms with van der Waals surface area (Å²) >= 11 is 6.69. The molecule has 1 N–H and O–H groups in total. The van der Waals surface area contributed by atoms with Crippen molar-refractivity contribution < 1.29 is 28.6 Å². The average molecular weight is 550 g/mol. The van der Waals surface area contributed by atoms with Crippen LogP contribution in [0.1, 0.15) is 72.6 Å². The first kappa shape index (κ1) is 25.7. The molecular formula is C31H29ClFNO5. The lowest BCUT2D eigenvalue weighted by atomic mass is 9.79. The minimum atomic E-state index is -1.17. The summed E-state index contributed by atoms with van der Waals surface area (Å²) in [6.07, 6.45) is 2.13. The van der Waals surface area contributed by atoms with Gasteiger partial charge in [-0.05, 0) is 77.3 Å². The Labute approximate surface area is 231 Å². The van der Waals surface area contributed by atoms with Gasteiger partial charge in [0.15, 0.2) is 11.5 Å². The van der Waals surface area contributed by atoms with Crippen molar-refractivity contribution in [3.8, 4) is 11.5 Å². The average Bonchev–Trinajstić information content (AvgIpc) is 3.73. The predicted octanol–water partition coefficient (Wildman–Crippen LogP) is 6.90. The smallest absolute Gasteiger partial charge is 0.313 e. The number of rotatable bonds is 4. The Morgan fingerprint density at radius 3 is 2.49 bits per heavy atom. The number of carboxylic acids is 1. The molecule has 3 atom stereocenters. The van der Waals surface area contributed by atoms with Crippen molar-refractivity contribution in [2.75, 3.05) is 11.5 Å². The van der Waals surface area contributed by atoms with Gasteiger partial charge in [-0.2, -0.15) is 0 Å². The molecular weight excluding hydrogens is 521 g/mol. The van der Waals surface area contributed by atoms with E-state index in [4.69, 9.17) is 21.1 Å². The molecule has 2 heterocycles. The van der Waals surface area contributed by atoms with Crippen molar-refractivity contribution in [1.29, 1.82) is 0 Å². The molecule has 1 unspecified atom stereocenters. The summed E-state index contributed by atoms with van der Waals surface area (Å²) in [4.78, 5) is 28.3. The van der Waals surface area contributed by atoms with E-state index in [0.717, 1.165) is 24.5 Å². The lowest BCUT2D eigenvalue weighted by molar-refractivity contribution is -0.139. The third-order valence-electron chi connectivity index (χ3n) is 7.84. The number of benzene rings is 3. The summed E-state index contributed by atoms with van der Waals surface area (Å²) < 4.78 is 26.5. The Hall–Kier alpha value is -3.58. The molecule has 0 saturated heterocycles. The topological polar surface area (TPSA) is 76.1 Å². The summed E-state index contributed by atoms with van der Waals surface area (Å²) in [6.45, 7) is 6.57. The maximum Gasteiger partial charge on any atom is 0.313 e. The van der Waals surface area contributed by atoms with Crippen LogP contribution in [0, 0.1) is 11.7 Å². The van der Waals surface area contributed by atoms with E-state index in [1.54, 1.807) is 30.3 Å². The number of ether oxygens (including phenoxy) is 2. The minimum absolute atomic E-state index is 0.0148. The van der Waals surface area contributed by atoms with E-state index in [2.05, 4.69) is 0 Å². The van der Waals surface area contributed by atoms with Gasteiger partial charge in [0.2, 0.25) is 0 Å². The second-order valence-corrected chi connectivity index (χ2v) is 12.0. The molecule has 39 heavy (non-hydrogen) atoms. The van der Waals surface area contributed by atoms with Gasteiger partial charge < -0.3 is 14.6 Å². The zero-order valence-electron chi connectivity index (χ0n) is 21.9. The number of amides is 1. The van der Waals surface area contributed by atoms with E-state index in [1.165, 1.54) is 17.0 Å². The molecule has 2 aliphatic heterocycles. The van der Waals surface area contributed by atoms with Crippen molar-refractivity contribution in [3.05, 3.63) is 87.7 Å². The van der Waals surface area contributed by atoms with E-state index < -0.39 is 29.7 Å². The predicted molar refractivity (Wildman–Crippen MR) is 146 cm³/mol. The van der Waals surface area contributed by atoms with Crippen LogP contribution in [0.3, 0.4) is 0 Å². The van der Waals surface area contributed by atoms with Crippen LogP contribution < -0.4 is 14.4 Å². The molecule has 1 fully saturated rings. The zero-order chi connectivity index (χ0) is 27.6. The standard InChI is InChI=1S/C31H29ClFNO5/c1-31(2,3)22-10-8-19(14-23(22)32)34-28(27(30(36)37)20-9-7-18(33)13-21(20)29(34)35)17-6-11-24-25(12-17)39-26(15-38-24)16-4-5-16/h6-14,16,26-28H,4-5,15H2,1-3H3,(H,36,37)/t26?,27-,28+/m0/s1. The minimum Gasteiger partial charge on any atom is -0.486 e. The quantitative estimate of drug-likeness (QED) is 0.383. The van der Waals surface area contributed by atoms with E-state index >= 15 is 0 Å². The lowest BCUT2D eigenvalue weighted by Crippen LogP contribution is -2.45. The first-order valence-corrected chi connectivity index (χ1v) is 13.5. The van der Waals surface area contributed by atoms with Gasteiger partial charge in [0.05, 0.1) is 6.04 Å². The number of hydrogen-bond acceptors (Lipinski definition) is 4. The zero-order valence-corrected chi connectivity index (χ0v) is 22.7. The van der Waals surface area contributed by atoms with Gasteiger partial charge in [-0.25, -0.2) is 4.39 Å². The summed E-state index contributed by atoms with van der Waals surface area (Å²) in [7, 11) is 0. The highest BCUT2D eigenvalue weighted by Crippen LogP contribution is 2.49. The highest BCUT2D eigenvalue weighted by Gasteiger charge is 2.46. The molecule has 202 valence electrons. The van der Waals surface area contributed by atoms with E-state index in [-0.39, 0.29) is 22.6 Å². The fraction of sp³-hybridized carbons (Fsp3) is 0.355. The monoisotopic (exact) mass is 549 g/mol. The molecule has 6 nitrogen and oxygen atoms in total. The molecule has 6 rings (SSSR count). The van der Waals surface area contributed by atoms with Crippen LogP contribution in [0.2, 0.25) is 5.02 Å². The fourth-order valence-corrected chi connectivity index (χ4v) is 6.16. The lowest BCUT2D eigenvalue weighted by Gasteiger charge is -2.41. The number of carboxylic acid groups (broad SMARTS) is 1. The summed E-state index contributed by atoms with van der Waals surface area (Å²) in [5.74, 6) is -1.86. The van der Waals surface area contributed by atoms with Gasteiger partial charge in [-0.3, -0.25) is 14.5 Å². The van der Waals surface area contributed by atoms with Crippen LogP contribution in [0.5, 0.6) is 11.5 Å². The fourth-order valence-electron chi connectivity index (χ4n) is 5.70. The van der Waals surface area contributed by atoms with Gasteiger partial charge in [0.25, 0.3) is 5.91 Å². The number of aliphatic carboxylic acids is 1. The number of fused-ring (bicyclic) bond motifs is 2. The van der Waals surface area contributed by atoms with Crippen LogP contribution in [-0.2, 0) is 10.2 Å². The molecule has 0 radical (unpaired) electrons. The van der Waals surface area contributed by atoms with Crippen LogP contribution in [-0.4, -0.2) is 29.7 Å². The third kappa shape index (κ3) is 4.52. The van der Waals surface area contributed by atoms with Crippen LogP contribution in [0.4, 0.5) is 10.1 Å². The summed E-state index contributed by atoms with van der Waals surface area (Å²) in [6, 6.07) is 13.3. The van der Waals surface area contributed by atoms with E-state index in [9.17, 15) is 19.1 Å². The molecule has 1 saturated carbocycles. The second kappa shape index (κ2) is 9.26. The van der Waals surface area contributed by atoms with Crippen LogP contribution >= 0.6 is 11.6 Å². The van der Waals surface area contributed by atoms with Gasteiger partial charge in [0, 0.05) is 16.3 Å². The number of anilines is 1. The summed E-state index contributed by atoms with van der Waals surface area (Å²) in [5.41, 5.74) is 1.92. The maximum atomic E-state index is 14.3. The molecule has 1 amide bonds. The molecule has 0 bridgehead atoms. The molecule has 1 aliphatic carbocycles. The highest BCUT2D eigenvalue weighted by molar-refractivity contribution is 6.32. The third-order valence-corrected chi connectivity index (χ3v) is 8.15. The molecule has 0 spiro atoms. The number of carbonyl (C=O) groups is 2. The Morgan fingerprint density at radius 1 is 1.05 bits per heavy atom. The highest BCUT2D eigenvalue weighted by atomic mass is 35.5. The number of nitrogens with zero attached hydrogens (tertiary/aromatic N) is 1. The molecule has 3 aliphatic rings. The van der Waals surface area contributed by atoms with Crippen molar-refractivity contribution in [1.82, 2.24) is 0 Å². The van der Waals surface area contributed by atoms with Gasteiger partial charge in [-0.15, -0.1) is 0 Å². The number of hydrogen-bond donors (Lipinski definition) is 1. The normalized spacial score (nSPS) is 22.4. The second-order valence-electron chi connectivity index (χ2n) is 11.6. The first-order valence-electron chi connectivity index (χ1n) is 13.1. The van der Waals surface area contributed by atoms with E-state index in [1.807, 2.05) is 26.8 Å². The Kier molecular flexibility index (Phi) is 6.10. The molecule has 3 aromatic rings. The van der Waals surface area contributed by atoms with Gasteiger partial charge in [0.1, 0.15) is 24.4 Å². The first-order chi connectivity index (χ1) is 18.5. The van der Waals surface area contributed by atoms with Gasteiger partial charge in [-0.1, -0.05) is 50.6 Å². The Balaban J connectivity index is 1.52. The van der Waals surface area contributed by atoms with Crippen molar-refractivity contribution >= 4 is 29.2 Å². The van der Waals surface area contributed by atoms with Crippen LogP contribution in [0.25, 0.3) is 0 Å². The molecule has 3 aromatic carbocycles. The SMILES string of the molecule is CC(C)(C)c1ccc(N2C(=O)c3cc(F)ccc3[C@H](C(=O)O)[C@H]2c2ccc3c(c2)OC(C2CC2)CO3)cc1Cl. The largest absolute Gasteiger partial charge is 0.486 e. The number of carbonyl (C=O) groups excluding carboxylic acids is 1. The summed E-state index contributed by atoms with van der Waals surface area (Å²) in [5, 5.41) is 10.9. The molecule has 8 heteroatoms. The van der Waals surface area contributed by atoms with Crippen molar-refractivity contribution in [2.45, 2.75) is 57.1 Å². The molecule has 0 aromatic heterocycles. The van der Waals surface area contributed by atoms with E-state index in [0.29, 0.717) is 40.3 Å². The van der Waals surface area contributed by atoms with Crippen molar-refractivity contribution in [3.63, 3.8) is 0 Å².